The van der Waals surface area contributed by atoms with Crippen molar-refractivity contribution in [3.63, 3.8) is 0 Å². The number of carbonyl (C=O) groups excluding carboxylic acids is 1. The monoisotopic (exact) mass is 371 g/mol. The second kappa shape index (κ2) is 7.49. The van der Waals surface area contributed by atoms with E-state index < -0.39 is 0 Å². The van der Waals surface area contributed by atoms with Crippen LogP contribution in [0.1, 0.15) is 16.1 Å². The molecule has 0 aliphatic carbocycles. The van der Waals surface area contributed by atoms with Gasteiger partial charge in [0.05, 0.1) is 25.5 Å². The number of nitrogens with one attached hydrogen (secondary N) is 1. The van der Waals surface area contributed by atoms with Gasteiger partial charge in [-0.2, -0.15) is 5.10 Å². The van der Waals surface area contributed by atoms with E-state index in [9.17, 15) is 4.79 Å². The Morgan fingerprint density at radius 1 is 1.19 bits per heavy atom. The molecule has 0 spiro atoms. The van der Waals surface area contributed by atoms with E-state index in [2.05, 4.69) is 10.5 Å². The Kier molecular flexibility index (Phi) is 5.14. The van der Waals surface area contributed by atoms with Crippen molar-refractivity contribution in [2.75, 3.05) is 14.2 Å². The number of halogens is 1. The zero-order valence-electron chi connectivity index (χ0n) is 14.6. The Labute approximate surface area is 156 Å². The number of para-hydroxylation sites is 1. The minimum absolute atomic E-state index is 0.300. The third-order valence-electron chi connectivity index (χ3n) is 4.02. The second-order valence-electron chi connectivity index (χ2n) is 5.58. The summed E-state index contributed by atoms with van der Waals surface area (Å²) in [5.41, 5.74) is 4.70. The summed E-state index contributed by atoms with van der Waals surface area (Å²) < 4.78 is 12.3. The highest BCUT2D eigenvalue weighted by atomic mass is 35.5. The van der Waals surface area contributed by atoms with Crippen LogP contribution in [0, 0.1) is 0 Å². The summed E-state index contributed by atoms with van der Waals surface area (Å²) in [6.45, 7) is 0. The minimum Gasteiger partial charge on any atom is -0.493 e. The van der Waals surface area contributed by atoms with Gasteiger partial charge < -0.3 is 14.0 Å². The molecule has 3 rings (SSSR count). The molecule has 0 unspecified atom stereocenters. The third-order valence-corrected chi connectivity index (χ3v) is 4.30. The Morgan fingerprint density at radius 2 is 1.96 bits per heavy atom. The largest absolute Gasteiger partial charge is 0.493 e. The summed E-state index contributed by atoms with van der Waals surface area (Å²) in [5, 5.41) is 5.40. The number of benzene rings is 2. The number of aromatic nitrogens is 1. The molecule has 1 amide bonds. The predicted molar refractivity (Wildman–Crippen MR) is 103 cm³/mol. The molecule has 3 aromatic rings. The van der Waals surface area contributed by atoms with Crippen molar-refractivity contribution in [1.82, 2.24) is 9.99 Å². The fraction of sp³-hybridized carbons (Fsp3) is 0.158. The van der Waals surface area contributed by atoms with Crippen molar-refractivity contribution in [3.05, 3.63) is 58.7 Å². The first-order valence-electron chi connectivity index (χ1n) is 7.84. The van der Waals surface area contributed by atoms with Crippen LogP contribution in [0.4, 0.5) is 0 Å². The highest BCUT2D eigenvalue weighted by molar-refractivity contribution is 6.32. The summed E-state index contributed by atoms with van der Waals surface area (Å²) >= 11 is 6.16. The van der Waals surface area contributed by atoms with E-state index in [0.717, 1.165) is 10.9 Å². The summed E-state index contributed by atoms with van der Waals surface area (Å²) in [5.74, 6) is 0.638. The van der Waals surface area contributed by atoms with Crippen molar-refractivity contribution < 1.29 is 14.3 Å². The fourth-order valence-corrected chi connectivity index (χ4v) is 3.04. The van der Waals surface area contributed by atoms with Crippen molar-refractivity contribution >= 4 is 34.6 Å². The number of hydrogen-bond acceptors (Lipinski definition) is 4. The van der Waals surface area contributed by atoms with E-state index in [4.69, 9.17) is 21.1 Å². The number of methoxy groups -OCH3 is 2. The fourth-order valence-electron chi connectivity index (χ4n) is 2.74. The van der Waals surface area contributed by atoms with E-state index in [0.29, 0.717) is 27.8 Å². The summed E-state index contributed by atoms with van der Waals surface area (Å²) in [7, 11) is 4.88. The van der Waals surface area contributed by atoms with Crippen LogP contribution in [0.15, 0.2) is 47.6 Å². The Balaban J connectivity index is 1.78. The number of ether oxygens (including phenoxy) is 2. The Morgan fingerprint density at radius 3 is 2.65 bits per heavy atom. The molecule has 1 heterocycles. The lowest BCUT2D eigenvalue weighted by molar-refractivity contribution is 0.0947. The summed E-state index contributed by atoms with van der Waals surface area (Å²) in [4.78, 5) is 12.4. The number of hydrazone groups is 1. The highest BCUT2D eigenvalue weighted by Crippen LogP contribution is 2.35. The van der Waals surface area contributed by atoms with Crippen molar-refractivity contribution in [3.8, 4) is 11.5 Å². The molecule has 7 heteroatoms. The van der Waals surface area contributed by atoms with E-state index in [1.54, 1.807) is 12.1 Å². The molecule has 0 aliphatic heterocycles. The van der Waals surface area contributed by atoms with Gasteiger partial charge >= 0.3 is 0 Å². The first kappa shape index (κ1) is 17.8. The molecule has 0 fully saturated rings. The van der Waals surface area contributed by atoms with Crippen LogP contribution in [-0.4, -0.2) is 30.9 Å². The maximum Gasteiger partial charge on any atom is 0.287 e. The molecule has 0 bridgehead atoms. The van der Waals surface area contributed by atoms with Crippen LogP contribution < -0.4 is 14.9 Å². The number of fused-ring (bicyclic) bond motifs is 1. The number of aryl methyl sites for hydroxylation is 1. The number of nitrogens with zero attached hydrogens (tertiary/aromatic N) is 2. The zero-order valence-corrected chi connectivity index (χ0v) is 15.4. The lowest BCUT2D eigenvalue weighted by Gasteiger charge is -2.09. The van der Waals surface area contributed by atoms with Gasteiger partial charge in [0.15, 0.2) is 11.5 Å². The van der Waals surface area contributed by atoms with E-state index in [-0.39, 0.29) is 5.91 Å². The van der Waals surface area contributed by atoms with Gasteiger partial charge in [-0.3, -0.25) is 4.79 Å². The summed E-state index contributed by atoms with van der Waals surface area (Å²) in [6.07, 6.45) is 1.49. The summed E-state index contributed by atoms with van der Waals surface area (Å²) in [6, 6.07) is 13.0. The van der Waals surface area contributed by atoms with Gasteiger partial charge in [-0.1, -0.05) is 29.8 Å². The first-order chi connectivity index (χ1) is 12.5. The minimum atomic E-state index is -0.300. The van der Waals surface area contributed by atoms with Gasteiger partial charge in [0.1, 0.15) is 5.69 Å². The highest BCUT2D eigenvalue weighted by Gasteiger charge is 2.13. The molecular weight excluding hydrogens is 354 g/mol. The van der Waals surface area contributed by atoms with Gasteiger partial charge in [0.2, 0.25) is 0 Å². The number of carbonyl (C=O) groups is 1. The van der Waals surface area contributed by atoms with Crippen LogP contribution in [0.5, 0.6) is 11.5 Å². The molecule has 134 valence electrons. The second-order valence-corrected chi connectivity index (χ2v) is 5.99. The number of amides is 1. The van der Waals surface area contributed by atoms with Crippen molar-refractivity contribution in [2.24, 2.45) is 12.1 Å². The topological polar surface area (TPSA) is 64.8 Å². The lowest BCUT2D eigenvalue weighted by Crippen LogP contribution is -2.20. The molecule has 0 saturated carbocycles. The zero-order chi connectivity index (χ0) is 18.7. The Bertz CT molecular complexity index is 995. The van der Waals surface area contributed by atoms with Gasteiger partial charge in [-0.25, -0.2) is 5.43 Å². The van der Waals surface area contributed by atoms with E-state index in [1.165, 1.54) is 20.4 Å². The molecule has 0 atom stereocenters. The molecule has 6 nitrogen and oxygen atoms in total. The van der Waals surface area contributed by atoms with Crippen molar-refractivity contribution in [1.29, 1.82) is 0 Å². The smallest absolute Gasteiger partial charge is 0.287 e. The average molecular weight is 372 g/mol. The third kappa shape index (κ3) is 3.36. The maximum absolute atomic E-state index is 12.4. The van der Waals surface area contributed by atoms with Crippen LogP contribution in [0.2, 0.25) is 5.02 Å². The van der Waals surface area contributed by atoms with Crippen LogP contribution >= 0.6 is 11.6 Å². The van der Waals surface area contributed by atoms with Gasteiger partial charge in [-0.15, -0.1) is 0 Å². The van der Waals surface area contributed by atoms with E-state index in [1.807, 2.05) is 41.9 Å². The first-order valence-corrected chi connectivity index (χ1v) is 8.22. The maximum atomic E-state index is 12.4. The lowest BCUT2D eigenvalue weighted by atomic mass is 10.2. The molecule has 26 heavy (non-hydrogen) atoms. The normalized spacial score (nSPS) is 11.1. The number of rotatable bonds is 5. The average Bonchev–Trinajstić information content (AvgIpc) is 2.98. The van der Waals surface area contributed by atoms with Gasteiger partial charge in [0, 0.05) is 18.0 Å². The number of hydrogen-bond donors (Lipinski definition) is 1. The Hall–Kier alpha value is -2.99. The molecule has 0 aliphatic rings. The van der Waals surface area contributed by atoms with Crippen LogP contribution in [0.3, 0.4) is 0 Å². The molecular formula is C19H18ClN3O3. The van der Waals surface area contributed by atoms with Gasteiger partial charge in [0.25, 0.3) is 5.91 Å². The van der Waals surface area contributed by atoms with Crippen LogP contribution in [-0.2, 0) is 7.05 Å². The standard InChI is InChI=1S/C19H18ClN3O3/c1-23-15-7-5-4-6-13(15)10-16(23)19(24)22-21-11-12-8-14(20)18(26-3)17(9-12)25-2/h4-11H,1-3H3,(H,22,24)/b21-11+. The SMILES string of the molecule is COc1cc(/C=N/NC(=O)c2cc3ccccc3n2C)cc(Cl)c1OC. The van der Waals surface area contributed by atoms with E-state index >= 15 is 0 Å². The molecule has 2 aromatic carbocycles. The van der Waals surface area contributed by atoms with Crippen molar-refractivity contribution in [2.45, 2.75) is 0 Å². The quantitative estimate of drug-likeness (QED) is 0.550. The predicted octanol–water partition coefficient (Wildman–Crippen LogP) is 3.61. The van der Waals surface area contributed by atoms with Crippen LogP contribution in [0.25, 0.3) is 10.9 Å². The molecule has 1 N–H and O–H groups in total. The van der Waals surface area contributed by atoms with Gasteiger partial charge in [-0.05, 0) is 29.8 Å². The molecule has 1 aromatic heterocycles. The molecule has 0 saturated heterocycles. The molecule has 0 radical (unpaired) electrons.